The van der Waals surface area contributed by atoms with Crippen molar-refractivity contribution in [1.29, 1.82) is 0 Å². The topological polar surface area (TPSA) is 80.4 Å². The molecule has 3 rings (SSSR count). The first-order valence-corrected chi connectivity index (χ1v) is 12.6. The van der Waals surface area contributed by atoms with Crippen LogP contribution in [0.4, 0.5) is 4.79 Å². The lowest BCUT2D eigenvalue weighted by Gasteiger charge is -2.23. The molecule has 0 saturated heterocycles. The van der Waals surface area contributed by atoms with Gasteiger partial charge in [0.1, 0.15) is 5.60 Å². The molecule has 3 aromatic rings. The standard InChI is InChI=1S/C30H40N2O4/c1-10-35-27(33)30(8,9)22-11-12-24-23(16-22)25(20(4)17-31-28(34)36-29(5,6)7)26(32-24)21-14-18(2)13-19(3)15-21/h11-16,20,32H,10,17H2,1-9H3,(H,31,34)/t20-/m1/s1. The van der Waals surface area contributed by atoms with Gasteiger partial charge in [-0.1, -0.05) is 30.2 Å². The number of amides is 1. The number of carbonyl (C=O) groups is 2. The molecule has 1 amide bonds. The van der Waals surface area contributed by atoms with Gasteiger partial charge < -0.3 is 19.8 Å². The zero-order valence-corrected chi connectivity index (χ0v) is 23.1. The molecular weight excluding hydrogens is 452 g/mol. The molecule has 1 aromatic heterocycles. The summed E-state index contributed by atoms with van der Waals surface area (Å²) in [5, 5.41) is 3.95. The normalized spacial score (nSPS) is 12.9. The Morgan fingerprint density at radius 2 is 1.64 bits per heavy atom. The second-order valence-corrected chi connectivity index (χ2v) is 11.2. The van der Waals surface area contributed by atoms with E-state index in [0.29, 0.717) is 13.2 Å². The SMILES string of the molecule is CCOC(=O)C(C)(C)c1ccc2[nH]c(-c3cc(C)cc(C)c3)c([C@H](C)CNC(=O)OC(C)(C)C)c2c1. The predicted molar refractivity (Wildman–Crippen MR) is 146 cm³/mol. The van der Waals surface area contributed by atoms with E-state index in [4.69, 9.17) is 9.47 Å². The number of esters is 1. The molecule has 0 saturated carbocycles. The van der Waals surface area contributed by atoms with Crippen molar-refractivity contribution in [2.75, 3.05) is 13.2 Å². The molecule has 0 bridgehead atoms. The minimum Gasteiger partial charge on any atom is -0.465 e. The molecule has 2 N–H and O–H groups in total. The van der Waals surface area contributed by atoms with Crippen LogP contribution in [0, 0.1) is 13.8 Å². The number of H-pyrrole nitrogens is 1. The maximum Gasteiger partial charge on any atom is 0.407 e. The molecule has 6 nitrogen and oxygen atoms in total. The molecule has 2 aromatic carbocycles. The zero-order chi connectivity index (χ0) is 26.8. The summed E-state index contributed by atoms with van der Waals surface area (Å²) < 4.78 is 10.8. The molecule has 0 unspecified atom stereocenters. The summed E-state index contributed by atoms with van der Waals surface area (Å²) in [6, 6.07) is 12.6. The zero-order valence-electron chi connectivity index (χ0n) is 23.1. The van der Waals surface area contributed by atoms with Crippen molar-refractivity contribution in [2.24, 2.45) is 0 Å². The van der Waals surface area contributed by atoms with Gasteiger partial charge in [-0.05, 0) is 96.3 Å². The Balaban J connectivity index is 2.11. The monoisotopic (exact) mass is 492 g/mol. The highest BCUT2D eigenvalue weighted by atomic mass is 16.6. The highest BCUT2D eigenvalue weighted by molar-refractivity contribution is 5.93. The van der Waals surface area contributed by atoms with E-state index in [9.17, 15) is 9.59 Å². The van der Waals surface area contributed by atoms with Gasteiger partial charge in [-0.2, -0.15) is 0 Å². The van der Waals surface area contributed by atoms with Gasteiger partial charge in [0.05, 0.1) is 17.7 Å². The number of aromatic nitrogens is 1. The first-order chi connectivity index (χ1) is 16.7. The summed E-state index contributed by atoms with van der Waals surface area (Å²) in [6.07, 6.45) is -0.439. The maximum absolute atomic E-state index is 12.7. The molecule has 36 heavy (non-hydrogen) atoms. The van der Waals surface area contributed by atoms with E-state index in [1.807, 2.05) is 53.7 Å². The average Bonchev–Trinajstić information content (AvgIpc) is 3.15. The number of ether oxygens (including phenoxy) is 2. The molecule has 6 heteroatoms. The molecule has 194 valence electrons. The molecule has 1 heterocycles. The number of aryl methyl sites for hydroxylation is 2. The van der Waals surface area contributed by atoms with Crippen LogP contribution in [0.15, 0.2) is 36.4 Å². The summed E-state index contributed by atoms with van der Waals surface area (Å²) in [4.78, 5) is 28.7. The molecule has 0 spiro atoms. The van der Waals surface area contributed by atoms with Crippen molar-refractivity contribution < 1.29 is 19.1 Å². The summed E-state index contributed by atoms with van der Waals surface area (Å²) in [7, 11) is 0. The lowest BCUT2D eigenvalue weighted by Crippen LogP contribution is -2.34. The Kier molecular flexibility index (Phi) is 7.87. The summed E-state index contributed by atoms with van der Waals surface area (Å²) in [5.41, 5.74) is 6.06. The third-order valence-corrected chi connectivity index (χ3v) is 6.30. The fourth-order valence-electron chi connectivity index (χ4n) is 4.54. The van der Waals surface area contributed by atoms with Crippen molar-refractivity contribution >= 4 is 23.0 Å². The number of fused-ring (bicyclic) bond motifs is 1. The van der Waals surface area contributed by atoms with Gasteiger partial charge in [0.15, 0.2) is 0 Å². The van der Waals surface area contributed by atoms with Crippen LogP contribution in [0.2, 0.25) is 0 Å². The molecule has 1 atom stereocenters. The van der Waals surface area contributed by atoms with Crippen LogP contribution >= 0.6 is 0 Å². The lowest BCUT2D eigenvalue weighted by molar-refractivity contribution is -0.148. The average molecular weight is 493 g/mol. The van der Waals surface area contributed by atoms with Crippen molar-refractivity contribution in [1.82, 2.24) is 10.3 Å². The van der Waals surface area contributed by atoms with Gasteiger partial charge >= 0.3 is 12.1 Å². The fraction of sp³-hybridized carbons (Fsp3) is 0.467. The van der Waals surface area contributed by atoms with E-state index in [1.165, 1.54) is 11.1 Å². The number of alkyl carbamates (subject to hydrolysis) is 1. The van der Waals surface area contributed by atoms with Gasteiger partial charge in [-0.25, -0.2) is 4.79 Å². The number of aromatic amines is 1. The fourth-order valence-corrected chi connectivity index (χ4v) is 4.54. The van der Waals surface area contributed by atoms with Crippen LogP contribution in [0.25, 0.3) is 22.2 Å². The smallest absolute Gasteiger partial charge is 0.407 e. The van der Waals surface area contributed by atoms with Crippen LogP contribution in [-0.2, 0) is 19.7 Å². The quantitative estimate of drug-likeness (QED) is 0.351. The minimum atomic E-state index is -0.795. The van der Waals surface area contributed by atoms with Gasteiger partial charge in [0.25, 0.3) is 0 Å². The van der Waals surface area contributed by atoms with Crippen LogP contribution in [0.5, 0.6) is 0 Å². The third-order valence-electron chi connectivity index (χ3n) is 6.30. The van der Waals surface area contributed by atoms with Gasteiger partial charge in [-0.15, -0.1) is 0 Å². The second kappa shape index (κ2) is 10.4. The van der Waals surface area contributed by atoms with Crippen LogP contribution in [-0.4, -0.2) is 35.8 Å². The van der Waals surface area contributed by atoms with Crippen LogP contribution in [0.1, 0.15) is 76.6 Å². The molecule has 0 aliphatic carbocycles. The minimum absolute atomic E-state index is 0.0250. The van der Waals surface area contributed by atoms with E-state index < -0.39 is 17.1 Å². The van der Waals surface area contributed by atoms with E-state index in [2.05, 4.69) is 55.3 Å². The van der Waals surface area contributed by atoms with Gasteiger partial charge in [-0.3, -0.25) is 4.79 Å². The van der Waals surface area contributed by atoms with E-state index in [1.54, 1.807) is 0 Å². The molecule has 0 aliphatic heterocycles. The lowest BCUT2D eigenvalue weighted by atomic mass is 9.83. The molecular formula is C30H40N2O4. The van der Waals surface area contributed by atoms with E-state index >= 15 is 0 Å². The third kappa shape index (κ3) is 6.10. The molecule has 0 fully saturated rings. The maximum atomic E-state index is 12.7. The number of hydrogen-bond donors (Lipinski definition) is 2. The highest BCUT2D eigenvalue weighted by Crippen LogP contribution is 2.38. The number of benzene rings is 2. The first kappa shape index (κ1) is 27.3. The number of nitrogens with one attached hydrogen (secondary N) is 2. The molecule has 0 radical (unpaired) electrons. The van der Waals surface area contributed by atoms with E-state index in [0.717, 1.165) is 33.3 Å². The first-order valence-electron chi connectivity index (χ1n) is 12.6. The van der Waals surface area contributed by atoms with E-state index in [-0.39, 0.29) is 11.9 Å². The molecule has 0 aliphatic rings. The summed E-state index contributed by atoms with van der Waals surface area (Å²) in [5.74, 6) is -0.279. The van der Waals surface area contributed by atoms with Gasteiger partial charge in [0.2, 0.25) is 0 Å². The number of rotatable bonds is 7. The van der Waals surface area contributed by atoms with Crippen molar-refractivity contribution in [2.45, 2.75) is 79.2 Å². The summed E-state index contributed by atoms with van der Waals surface area (Å²) >= 11 is 0. The predicted octanol–water partition coefficient (Wildman–Crippen LogP) is 6.92. The largest absolute Gasteiger partial charge is 0.465 e. The number of carbonyl (C=O) groups excluding carboxylic acids is 2. The summed E-state index contributed by atoms with van der Waals surface area (Å²) in [6.45, 7) is 18.1. The van der Waals surface area contributed by atoms with Crippen LogP contribution < -0.4 is 5.32 Å². The Bertz CT molecular complexity index is 1240. The van der Waals surface area contributed by atoms with Crippen molar-refractivity contribution in [3.05, 3.63) is 58.7 Å². The van der Waals surface area contributed by atoms with Gasteiger partial charge in [0, 0.05) is 23.4 Å². The van der Waals surface area contributed by atoms with Crippen molar-refractivity contribution in [3.63, 3.8) is 0 Å². The Morgan fingerprint density at radius 3 is 2.22 bits per heavy atom. The second-order valence-electron chi connectivity index (χ2n) is 11.2. The van der Waals surface area contributed by atoms with Crippen LogP contribution in [0.3, 0.4) is 0 Å². The number of hydrogen-bond acceptors (Lipinski definition) is 4. The Hall–Kier alpha value is -3.28. The Morgan fingerprint density at radius 1 is 1.00 bits per heavy atom. The highest BCUT2D eigenvalue weighted by Gasteiger charge is 2.32. The van der Waals surface area contributed by atoms with Crippen molar-refractivity contribution in [3.8, 4) is 11.3 Å². The Labute approximate surface area is 214 Å².